The van der Waals surface area contributed by atoms with Crippen molar-refractivity contribution in [3.63, 3.8) is 0 Å². The van der Waals surface area contributed by atoms with Gasteiger partial charge in [0.05, 0.1) is 12.7 Å². The minimum absolute atomic E-state index is 0.389. The second kappa shape index (κ2) is 2.78. The van der Waals surface area contributed by atoms with E-state index in [9.17, 15) is 0 Å². The Kier molecular flexibility index (Phi) is 2.29. The zero-order chi connectivity index (χ0) is 8.65. The molecule has 1 nitrogen and oxygen atoms in total. The molecule has 0 radical (unpaired) electrons. The van der Waals surface area contributed by atoms with E-state index in [4.69, 9.17) is 4.74 Å². The first-order chi connectivity index (χ1) is 4.99. The Labute approximate surface area is 70.1 Å². The topological polar surface area (TPSA) is 12.5 Å². The second-order valence-corrected chi connectivity index (χ2v) is 4.50. The molecule has 0 aromatic heterocycles. The van der Waals surface area contributed by atoms with Gasteiger partial charge in [0.15, 0.2) is 0 Å². The van der Waals surface area contributed by atoms with Crippen LogP contribution in [0.15, 0.2) is 0 Å². The summed E-state index contributed by atoms with van der Waals surface area (Å²) in [5.74, 6) is 1.44. The highest BCUT2D eigenvalue weighted by atomic mass is 16.6. The molecule has 0 spiro atoms. The van der Waals surface area contributed by atoms with E-state index in [1.54, 1.807) is 0 Å². The molecule has 1 saturated heterocycles. The Morgan fingerprint density at radius 2 is 1.55 bits per heavy atom. The van der Waals surface area contributed by atoms with Crippen LogP contribution < -0.4 is 0 Å². The maximum atomic E-state index is 5.40. The van der Waals surface area contributed by atoms with E-state index in [2.05, 4.69) is 34.6 Å². The van der Waals surface area contributed by atoms with Crippen molar-refractivity contribution in [1.29, 1.82) is 0 Å². The molecule has 1 aliphatic heterocycles. The lowest BCUT2D eigenvalue weighted by Crippen LogP contribution is -2.35. The Morgan fingerprint density at radius 3 is 1.64 bits per heavy atom. The van der Waals surface area contributed by atoms with Crippen molar-refractivity contribution < 1.29 is 4.74 Å². The number of epoxide rings is 1. The molecule has 0 aliphatic carbocycles. The molecule has 0 saturated carbocycles. The smallest absolute Gasteiger partial charge is 0.0868 e. The number of hydrogen-bond donors (Lipinski definition) is 0. The predicted octanol–water partition coefficient (Wildman–Crippen LogP) is 2.70. The van der Waals surface area contributed by atoms with Crippen LogP contribution in [0.3, 0.4) is 0 Å². The summed E-state index contributed by atoms with van der Waals surface area (Å²) in [5, 5.41) is 0. The summed E-state index contributed by atoms with van der Waals surface area (Å²) in [7, 11) is 0. The normalized spacial score (nSPS) is 24.8. The molecule has 0 bridgehead atoms. The Morgan fingerprint density at radius 1 is 1.18 bits per heavy atom. The lowest BCUT2D eigenvalue weighted by Gasteiger charge is -2.36. The standard InChI is InChI=1S/C10H20O/c1-7(2)10(5,8(3)4)9-6-11-9/h7-9H,6H2,1-5H3. The summed E-state index contributed by atoms with van der Waals surface area (Å²) in [4.78, 5) is 0. The van der Waals surface area contributed by atoms with Gasteiger partial charge >= 0.3 is 0 Å². The van der Waals surface area contributed by atoms with E-state index in [1.165, 1.54) is 0 Å². The molecule has 1 aliphatic rings. The number of ether oxygens (including phenoxy) is 1. The first-order valence-corrected chi connectivity index (χ1v) is 4.61. The van der Waals surface area contributed by atoms with Gasteiger partial charge in [-0.1, -0.05) is 34.6 Å². The van der Waals surface area contributed by atoms with Crippen molar-refractivity contribution in [1.82, 2.24) is 0 Å². The molecule has 1 fully saturated rings. The van der Waals surface area contributed by atoms with Crippen molar-refractivity contribution >= 4 is 0 Å². The van der Waals surface area contributed by atoms with Gasteiger partial charge in [-0.25, -0.2) is 0 Å². The third-order valence-electron chi connectivity index (χ3n) is 3.52. The highest BCUT2D eigenvalue weighted by Crippen LogP contribution is 2.44. The minimum Gasteiger partial charge on any atom is -0.373 e. The molecule has 0 aromatic rings. The van der Waals surface area contributed by atoms with Crippen LogP contribution in [0, 0.1) is 17.3 Å². The summed E-state index contributed by atoms with van der Waals surface area (Å²) in [6, 6.07) is 0. The summed E-state index contributed by atoms with van der Waals surface area (Å²) in [5.41, 5.74) is 0.389. The van der Waals surface area contributed by atoms with Crippen LogP contribution in [0.1, 0.15) is 34.6 Å². The predicted molar refractivity (Wildman–Crippen MR) is 47.5 cm³/mol. The van der Waals surface area contributed by atoms with Crippen molar-refractivity contribution in [3.05, 3.63) is 0 Å². The average Bonchev–Trinajstić information content (AvgIpc) is 2.66. The van der Waals surface area contributed by atoms with Crippen LogP contribution in [0.5, 0.6) is 0 Å². The minimum atomic E-state index is 0.389. The first-order valence-electron chi connectivity index (χ1n) is 4.61. The SMILES string of the molecule is CC(C)C(C)(C(C)C)C1CO1. The summed E-state index contributed by atoms with van der Waals surface area (Å²) in [6.45, 7) is 12.5. The monoisotopic (exact) mass is 156 g/mol. The highest BCUT2D eigenvalue weighted by Gasteiger charge is 2.47. The average molecular weight is 156 g/mol. The molecule has 0 amide bonds. The second-order valence-electron chi connectivity index (χ2n) is 4.50. The van der Waals surface area contributed by atoms with E-state index in [-0.39, 0.29) is 0 Å². The number of rotatable bonds is 3. The van der Waals surface area contributed by atoms with E-state index in [0.717, 1.165) is 18.4 Å². The first kappa shape index (κ1) is 9.05. The summed E-state index contributed by atoms with van der Waals surface area (Å²) >= 11 is 0. The van der Waals surface area contributed by atoms with Crippen molar-refractivity contribution in [3.8, 4) is 0 Å². The molecule has 0 N–H and O–H groups in total. The van der Waals surface area contributed by atoms with Crippen LogP contribution in [-0.2, 0) is 4.74 Å². The maximum Gasteiger partial charge on any atom is 0.0868 e. The van der Waals surface area contributed by atoms with Crippen LogP contribution in [0.2, 0.25) is 0 Å². The quantitative estimate of drug-likeness (QED) is 0.572. The molecule has 1 rings (SSSR count). The van der Waals surface area contributed by atoms with Gasteiger partial charge in [-0.05, 0) is 11.8 Å². The molecular formula is C10H20O. The van der Waals surface area contributed by atoms with Gasteiger partial charge in [0, 0.05) is 5.41 Å². The molecular weight excluding hydrogens is 136 g/mol. The third kappa shape index (κ3) is 1.44. The van der Waals surface area contributed by atoms with Crippen LogP contribution in [0.4, 0.5) is 0 Å². The van der Waals surface area contributed by atoms with Crippen LogP contribution in [-0.4, -0.2) is 12.7 Å². The summed E-state index contributed by atoms with van der Waals surface area (Å²) in [6.07, 6.45) is 0.530. The fourth-order valence-electron chi connectivity index (χ4n) is 1.82. The fourth-order valence-corrected chi connectivity index (χ4v) is 1.82. The zero-order valence-corrected chi connectivity index (χ0v) is 8.35. The van der Waals surface area contributed by atoms with E-state index >= 15 is 0 Å². The molecule has 1 heterocycles. The summed E-state index contributed by atoms with van der Waals surface area (Å²) < 4.78 is 5.40. The molecule has 66 valence electrons. The van der Waals surface area contributed by atoms with Crippen molar-refractivity contribution in [2.75, 3.05) is 6.61 Å². The molecule has 1 unspecified atom stereocenters. The molecule has 11 heavy (non-hydrogen) atoms. The molecule has 0 aromatic carbocycles. The van der Waals surface area contributed by atoms with Gasteiger partial charge in [-0.3, -0.25) is 0 Å². The number of hydrogen-bond acceptors (Lipinski definition) is 1. The lowest BCUT2D eigenvalue weighted by molar-refractivity contribution is 0.0901. The Bertz CT molecular complexity index is 120. The highest BCUT2D eigenvalue weighted by molar-refractivity contribution is 4.94. The van der Waals surface area contributed by atoms with Crippen molar-refractivity contribution in [2.24, 2.45) is 17.3 Å². The molecule has 1 atom stereocenters. The van der Waals surface area contributed by atoms with Gasteiger partial charge in [-0.15, -0.1) is 0 Å². The van der Waals surface area contributed by atoms with Gasteiger partial charge < -0.3 is 4.74 Å². The van der Waals surface area contributed by atoms with Gasteiger partial charge in [0.1, 0.15) is 0 Å². The fraction of sp³-hybridized carbons (Fsp3) is 1.00. The third-order valence-corrected chi connectivity index (χ3v) is 3.52. The van der Waals surface area contributed by atoms with E-state index in [1.807, 2.05) is 0 Å². The van der Waals surface area contributed by atoms with Gasteiger partial charge in [-0.2, -0.15) is 0 Å². The zero-order valence-electron chi connectivity index (χ0n) is 8.35. The van der Waals surface area contributed by atoms with E-state index in [0.29, 0.717) is 11.5 Å². The Hall–Kier alpha value is -0.0400. The lowest BCUT2D eigenvalue weighted by atomic mass is 9.68. The van der Waals surface area contributed by atoms with Crippen LogP contribution >= 0.6 is 0 Å². The van der Waals surface area contributed by atoms with E-state index < -0.39 is 0 Å². The van der Waals surface area contributed by atoms with Gasteiger partial charge in [0.25, 0.3) is 0 Å². The Balaban J connectivity index is 2.69. The largest absolute Gasteiger partial charge is 0.373 e. The van der Waals surface area contributed by atoms with Gasteiger partial charge in [0.2, 0.25) is 0 Å². The molecule has 1 heteroatoms. The van der Waals surface area contributed by atoms with Crippen LogP contribution in [0.25, 0.3) is 0 Å². The maximum absolute atomic E-state index is 5.40. The van der Waals surface area contributed by atoms with Crippen molar-refractivity contribution in [2.45, 2.75) is 40.7 Å².